The van der Waals surface area contributed by atoms with E-state index in [1.807, 2.05) is 0 Å². The van der Waals surface area contributed by atoms with E-state index in [2.05, 4.69) is 0 Å². The molecule has 0 fully saturated rings. The zero-order valence-corrected chi connectivity index (χ0v) is 11.2. The Morgan fingerprint density at radius 2 is 1.58 bits per heavy atom. The fourth-order valence-electron chi connectivity index (χ4n) is 1.61. The highest BCUT2D eigenvalue weighted by Gasteiger charge is 2.03. The first kappa shape index (κ1) is 13.6. The van der Waals surface area contributed by atoms with Crippen molar-refractivity contribution in [1.29, 1.82) is 0 Å². The Labute approximate surface area is 120 Å². The Hall–Kier alpha value is -1.84. The summed E-state index contributed by atoms with van der Waals surface area (Å²) in [6.45, 7) is 0. The van der Waals surface area contributed by atoms with Crippen molar-refractivity contribution >= 4 is 41.0 Å². The zero-order valence-electron chi connectivity index (χ0n) is 9.72. The van der Waals surface area contributed by atoms with Crippen LogP contribution in [-0.2, 0) is 0 Å². The molecule has 0 bridgehead atoms. The van der Waals surface area contributed by atoms with Crippen molar-refractivity contribution in [3.63, 3.8) is 0 Å². The Morgan fingerprint density at radius 3 is 2.21 bits per heavy atom. The first-order valence-electron chi connectivity index (χ1n) is 5.43. The van der Waals surface area contributed by atoms with E-state index in [0.717, 1.165) is 11.1 Å². The normalized spacial score (nSPS) is 10.8. The highest BCUT2D eigenvalue weighted by Crippen LogP contribution is 2.21. The molecule has 0 heterocycles. The lowest BCUT2D eigenvalue weighted by Crippen LogP contribution is -1.87. The van der Waals surface area contributed by atoms with Gasteiger partial charge in [0, 0.05) is 22.2 Å². The zero-order chi connectivity index (χ0) is 13.8. The smallest absolute Gasteiger partial charge is 0.258 e. The number of nitrogens with zero attached hydrogens (tertiary/aromatic N) is 1. The average Bonchev–Trinajstić information content (AvgIpc) is 2.35. The van der Waals surface area contributed by atoms with Crippen LogP contribution in [0.25, 0.3) is 12.2 Å². The second-order valence-corrected chi connectivity index (χ2v) is 4.76. The largest absolute Gasteiger partial charge is 0.270 e. The quantitative estimate of drug-likeness (QED) is 0.450. The van der Waals surface area contributed by atoms with Crippen LogP contribution < -0.4 is 0 Å². The summed E-state index contributed by atoms with van der Waals surface area (Å²) in [7, 11) is 0. The molecule has 2 rings (SSSR count). The van der Waals surface area contributed by atoms with Crippen LogP contribution in [0.15, 0.2) is 42.5 Å². The van der Waals surface area contributed by atoms with Crippen LogP contribution in [0.2, 0.25) is 10.0 Å². The molecule has 0 aliphatic carbocycles. The summed E-state index contributed by atoms with van der Waals surface area (Å²) in [4.78, 5) is 10.2. The van der Waals surface area contributed by atoms with Gasteiger partial charge in [-0.25, -0.2) is 0 Å². The third-order valence-corrected chi connectivity index (χ3v) is 2.87. The number of nitro benzene ring substituents is 1. The summed E-state index contributed by atoms with van der Waals surface area (Å²) >= 11 is 11.8. The van der Waals surface area contributed by atoms with Crippen LogP contribution in [0, 0.1) is 10.1 Å². The van der Waals surface area contributed by atoms with Crippen molar-refractivity contribution in [3.05, 3.63) is 73.8 Å². The maximum absolute atomic E-state index is 10.7. The van der Waals surface area contributed by atoms with Gasteiger partial charge in [-0.15, -0.1) is 0 Å². The second-order valence-electron chi connectivity index (χ2n) is 3.89. The average molecular weight is 294 g/mol. The van der Waals surface area contributed by atoms with Crippen LogP contribution in [0.5, 0.6) is 0 Å². The van der Waals surface area contributed by atoms with E-state index in [1.165, 1.54) is 12.1 Å². The van der Waals surface area contributed by atoms with Crippen molar-refractivity contribution < 1.29 is 4.92 Å². The van der Waals surface area contributed by atoms with E-state index in [-0.39, 0.29) is 5.69 Å². The first-order valence-corrected chi connectivity index (χ1v) is 6.19. The number of nitro groups is 1. The summed E-state index contributed by atoms with van der Waals surface area (Å²) < 4.78 is 0. The van der Waals surface area contributed by atoms with Gasteiger partial charge in [0.2, 0.25) is 0 Å². The predicted octanol–water partition coefficient (Wildman–Crippen LogP) is 5.07. The first-order chi connectivity index (χ1) is 9.04. The van der Waals surface area contributed by atoms with Crippen molar-refractivity contribution in [1.82, 2.24) is 0 Å². The standard InChI is InChI=1S/C14H9Cl2NO2/c15-12-6-11(7-13(16)9-12)5-4-10-2-1-3-14(8-10)17(18)19/h1-9H/b5-4+. The highest BCUT2D eigenvalue weighted by molar-refractivity contribution is 6.34. The van der Waals surface area contributed by atoms with E-state index in [9.17, 15) is 10.1 Å². The van der Waals surface area contributed by atoms with E-state index in [4.69, 9.17) is 23.2 Å². The molecule has 2 aromatic carbocycles. The molecule has 0 aliphatic heterocycles. The summed E-state index contributed by atoms with van der Waals surface area (Å²) in [5.41, 5.74) is 1.64. The van der Waals surface area contributed by atoms with Gasteiger partial charge < -0.3 is 0 Å². The molecule has 0 aliphatic rings. The summed E-state index contributed by atoms with van der Waals surface area (Å²) in [5, 5.41) is 11.8. The molecular weight excluding hydrogens is 285 g/mol. The minimum atomic E-state index is -0.423. The van der Waals surface area contributed by atoms with E-state index in [1.54, 1.807) is 42.5 Å². The lowest BCUT2D eigenvalue weighted by Gasteiger charge is -1.98. The molecule has 0 amide bonds. The Morgan fingerprint density at radius 1 is 0.947 bits per heavy atom. The molecule has 0 atom stereocenters. The molecule has 2 aromatic rings. The van der Waals surface area contributed by atoms with Gasteiger partial charge in [0.05, 0.1) is 4.92 Å². The molecule has 0 unspecified atom stereocenters. The maximum atomic E-state index is 10.7. The number of hydrogen-bond donors (Lipinski definition) is 0. The molecule has 0 saturated carbocycles. The lowest BCUT2D eigenvalue weighted by atomic mass is 10.1. The van der Waals surface area contributed by atoms with Gasteiger partial charge in [-0.05, 0) is 29.3 Å². The van der Waals surface area contributed by atoms with Crippen LogP contribution in [-0.4, -0.2) is 4.92 Å². The minimum absolute atomic E-state index is 0.0614. The second kappa shape index (κ2) is 5.87. The number of non-ortho nitro benzene ring substituents is 1. The van der Waals surface area contributed by atoms with Crippen molar-refractivity contribution in [2.24, 2.45) is 0 Å². The van der Waals surface area contributed by atoms with Crippen LogP contribution in [0.1, 0.15) is 11.1 Å². The number of halogens is 2. The number of hydrogen-bond acceptors (Lipinski definition) is 2. The fraction of sp³-hybridized carbons (Fsp3) is 0. The van der Waals surface area contributed by atoms with Crippen molar-refractivity contribution in [3.8, 4) is 0 Å². The molecule has 3 nitrogen and oxygen atoms in total. The van der Waals surface area contributed by atoms with Gasteiger partial charge >= 0.3 is 0 Å². The molecule has 0 aromatic heterocycles. The van der Waals surface area contributed by atoms with Crippen LogP contribution >= 0.6 is 23.2 Å². The molecule has 5 heteroatoms. The van der Waals surface area contributed by atoms with E-state index < -0.39 is 4.92 Å². The minimum Gasteiger partial charge on any atom is -0.258 e. The SMILES string of the molecule is O=[N+]([O-])c1cccc(/C=C/c2cc(Cl)cc(Cl)c2)c1. The highest BCUT2D eigenvalue weighted by atomic mass is 35.5. The van der Waals surface area contributed by atoms with Gasteiger partial charge in [0.1, 0.15) is 0 Å². The molecule has 0 spiro atoms. The van der Waals surface area contributed by atoms with Crippen LogP contribution in [0.3, 0.4) is 0 Å². The van der Waals surface area contributed by atoms with Crippen LogP contribution in [0.4, 0.5) is 5.69 Å². The topological polar surface area (TPSA) is 43.1 Å². The molecule has 0 N–H and O–H groups in total. The van der Waals surface area contributed by atoms with Gasteiger partial charge in [-0.2, -0.15) is 0 Å². The molecule has 19 heavy (non-hydrogen) atoms. The Balaban J connectivity index is 2.27. The number of benzene rings is 2. The summed E-state index contributed by atoms with van der Waals surface area (Å²) in [6.07, 6.45) is 3.58. The predicted molar refractivity (Wildman–Crippen MR) is 78.5 cm³/mol. The molecule has 96 valence electrons. The van der Waals surface area contributed by atoms with Crippen molar-refractivity contribution in [2.45, 2.75) is 0 Å². The monoisotopic (exact) mass is 293 g/mol. The number of rotatable bonds is 3. The Kier molecular flexibility index (Phi) is 4.20. The molecule has 0 radical (unpaired) electrons. The third kappa shape index (κ3) is 3.81. The van der Waals surface area contributed by atoms with E-state index >= 15 is 0 Å². The lowest BCUT2D eigenvalue weighted by molar-refractivity contribution is -0.384. The fourth-order valence-corrected chi connectivity index (χ4v) is 2.15. The van der Waals surface area contributed by atoms with Gasteiger partial charge in [-0.3, -0.25) is 10.1 Å². The third-order valence-electron chi connectivity index (χ3n) is 2.43. The van der Waals surface area contributed by atoms with Crippen molar-refractivity contribution in [2.75, 3.05) is 0 Å². The van der Waals surface area contributed by atoms with Gasteiger partial charge in [-0.1, -0.05) is 47.5 Å². The summed E-state index contributed by atoms with van der Waals surface area (Å²) in [6, 6.07) is 11.6. The Bertz CT molecular complexity index is 633. The van der Waals surface area contributed by atoms with E-state index in [0.29, 0.717) is 10.0 Å². The molecule has 0 saturated heterocycles. The molecular formula is C14H9Cl2NO2. The van der Waals surface area contributed by atoms with Gasteiger partial charge in [0.15, 0.2) is 0 Å². The maximum Gasteiger partial charge on any atom is 0.270 e. The summed E-state index contributed by atoms with van der Waals surface area (Å²) in [5.74, 6) is 0. The van der Waals surface area contributed by atoms with Gasteiger partial charge in [0.25, 0.3) is 5.69 Å².